The maximum absolute atomic E-state index is 14.3. The van der Waals surface area contributed by atoms with E-state index in [4.69, 9.17) is 10.5 Å². The number of ketones is 1. The largest absolute Gasteiger partial charge is 0.461 e. The fourth-order valence-electron chi connectivity index (χ4n) is 10.8. The van der Waals surface area contributed by atoms with Crippen molar-refractivity contribution >= 4 is 11.8 Å². The number of allylic oxidation sites excluding steroid dienone is 2. The van der Waals surface area contributed by atoms with Gasteiger partial charge in [-0.05, 0) is 110 Å². The van der Waals surface area contributed by atoms with Crippen LogP contribution in [0.15, 0.2) is 11.6 Å². The zero-order valence-electron chi connectivity index (χ0n) is 23.5. The van der Waals surface area contributed by atoms with Crippen molar-refractivity contribution in [3.05, 3.63) is 11.6 Å². The molecule has 0 bridgehead atoms. The predicted octanol–water partition coefficient (Wildman–Crippen LogP) is 6.47. The minimum atomic E-state index is -0.621. The summed E-state index contributed by atoms with van der Waals surface area (Å²) in [5, 5.41) is 0. The van der Waals surface area contributed by atoms with Crippen molar-refractivity contribution in [2.24, 2.45) is 57.0 Å². The SMILES string of the molecule is CC(=O)OC1CC[C@@]2(C)C(CC[C@]3(C)[C@@H]2C(=O)C=C2[C@@H]4[C@@H](C)[C@H](C)CC[C@]4(C)CC[C@]23C)C1(C)N. The zero-order valence-corrected chi connectivity index (χ0v) is 23.5. The van der Waals surface area contributed by atoms with Crippen molar-refractivity contribution in [3.63, 3.8) is 0 Å². The van der Waals surface area contributed by atoms with E-state index in [0.29, 0.717) is 29.0 Å². The summed E-state index contributed by atoms with van der Waals surface area (Å²) in [5.41, 5.74) is 8.01. The summed E-state index contributed by atoms with van der Waals surface area (Å²) in [6, 6.07) is 0. The molecule has 3 unspecified atom stereocenters. The number of hydrogen-bond donors (Lipinski definition) is 1. The third-order valence-electron chi connectivity index (χ3n) is 13.1. The molecule has 0 aromatic heterocycles. The van der Waals surface area contributed by atoms with Crippen LogP contribution in [0.1, 0.15) is 107 Å². The van der Waals surface area contributed by atoms with Crippen molar-refractivity contribution < 1.29 is 14.3 Å². The van der Waals surface area contributed by atoms with Crippen molar-refractivity contribution in [1.29, 1.82) is 0 Å². The van der Waals surface area contributed by atoms with Gasteiger partial charge in [0.15, 0.2) is 5.78 Å². The Bertz CT molecular complexity index is 968. The molecule has 0 saturated heterocycles. The molecule has 4 fully saturated rings. The van der Waals surface area contributed by atoms with E-state index in [-0.39, 0.29) is 40.2 Å². The number of fused-ring (bicyclic) bond motifs is 7. The van der Waals surface area contributed by atoms with Gasteiger partial charge in [-0.3, -0.25) is 9.59 Å². The van der Waals surface area contributed by atoms with E-state index in [1.54, 1.807) is 0 Å². The Balaban J connectivity index is 1.59. The van der Waals surface area contributed by atoms with Gasteiger partial charge < -0.3 is 10.5 Å². The number of rotatable bonds is 1. The first-order chi connectivity index (χ1) is 16.1. The van der Waals surface area contributed by atoms with E-state index < -0.39 is 5.54 Å². The Morgan fingerprint density at radius 2 is 1.66 bits per heavy atom. The van der Waals surface area contributed by atoms with Gasteiger partial charge in [-0.25, -0.2) is 0 Å². The topological polar surface area (TPSA) is 69.4 Å². The summed E-state index contributed by atoms with van der Waals surface area (Å²) in [6.07, 6.45) is 10.6. The summed E-state index contributed by atoms with van der Waals surface area (Å²) < 4.78 is 5.73. The Morgan fingerprint density at radius 3 is 2.31 bits per heavy atom. The van der Waals surface area contributed by atoms with E-state index in [1.165, 1.54) is 38.2 Å². The standard InChI is InChI=1S/C31H49NO3/c1-18-9-12-27(4)15-16-29(6)21(25(27)19(18)2)17-22(34)26-28(5)13-11-24(35-20(3)33)31(8,32)23(28)10-14-30(26,29)7/h17-19,23-26H,9-16,32H2,1-8H3/t18-,19+,23?,24?,25+,26-,27-,28+,29-,30-,31?/m1/s1. The summed E-state index contributed by atoms with van der Waals surface area (Å²) in [5.74, 6) is 2.07. The molecule has 4 heteroatoms. The summed E-state index contributed by atoms with van der Waals surface area (Å²) in [4.78, 5) is 26.1. The molecule has 196 valence electrons. The van der Waals surface area contributed by atoms with Crippen LogP contribution in [-0.4, -0.2) is 23.4 Å². The summed E-state index contributed by atoms with van der Waals surface area (Å²) >= 11 is 0. The first-order valence-electron chi connectivity index (χ1n) is 14.3. The molecule has 0 spiro atoms. The van der Waals surface area contributed by atoms with E-state index in [2.05, 4.69) is 54.5 Å². The van der Waals surface area contributed by atoms with Crippen LogP contribution in [0.5, 0.6) is 0 Å². The molecular formula is C31H49NO3. The van der Waals surface area contributed by atoms with Crippen LogP contribution >= 0.6 is 0 Å². The molecule has 11 atom stereocenters. The number of carbonyl (C=O) groups excluding carboxylic acids is 2. The van der Waals surface area contributed by atoms with Gasteiger partial charge in [0.2, 0.25) is 0 Å². The van der Waals surface area contributed by atoms with Crippen molar-refractivity contribution in [3.8, 4) is 0 Å². The van der Waals surface area contributed by atoms with Gasteiger partial charge in [-0.1, -0.05) is 47.1 Å². The molecule has 35 heavy (non-hydrogen) atoms. The second kappa shape index (κ2) is 7.68. The molecule has 4 nitrogen and oxygen atoms in total. The van der Waals surface area contributed by atoms with E-state index in [9.17, 15) is 9.59 Å². The smallest absolute Gasteiger partial charge is 0.302 e. The van der Waals surface area contributed by atoms with Crippen molar-refractivity contribution in [2.45, 2.75) is 118 Å². The molecule has 5 rings (SSSR count). The van der Waals surface area contributed by atoms with Crippen LogP contribution in [-0.2, 0) is 14.3 Å². The first-order valence-corrected chi connectivity index (χ1v) is 14.3. The molecule has 2 N–H and O–H groups in total. The highest BCUT2D eigenvalue weighted by Gasteiger charge is 2.70. The number of hydrogen-bond acceptors (Lipinski definition) is 4. The van der Waals surface area contributed by atoms with Gasteiger partial charge in [-0.2, -0.15) is 0 Å². The molecule has 0 heterocycles. The maximum atomic E-state index is 14.3. The van der Waals surface area contributed by atoms with Gasteiger partial charge in [-0.15, -0.1) is 0 Å². The third-order valence-corrected chi connectivity index (χ3v) is 13.1. The van der Waals surface area contributed by atoms with Crippen LogP contribution in [0.2, 0.25) is 0 Å². The molecule has 4 saturated carbocycles. The molecule has 0 radical (unpaired) electrons. The predicted molar refractivity (Wildman–Crippen MR) is 139 cm³/mol. The van der Waals surface area contributed by atoms with E-state index >= 15 is 0 Å². The average molecular weight is 484 g/mol. The maximum Gasteiger partial charge on any atom is 0.302 e. The quantitative estimate of drug-likeness (QED) is 0.434. The molecule has 5 aliphatic rings. The monoisotopic (exact) mass is 483 g/mol. The molecule has 0 aliphatic heterocycles. The minimum Gasteiger partial charge on any atom is -0.461 e. The fraction of sp³-hybridized carbons (Fsp3) is 0.871. The molecule has 0 amide bonds. The van der Waals surface area contributed by atoms with Crippen molar-refractivity contribution in [1.82, 2.24) is 0 Å². The molecule has 0 aromatic rings. The first kappa shape index (κ1) is 25.5. The van der Waals surface area contributed by atoms with Crippen LogP contribution in [0.25, 0.3) is 0 Å². The lowest BCUT2D eigenvalue weighted by Crippen LogP contribution is -2.71. The Kier molecular flexibility index (Phi) is 5.59. The average Bonchev–Trinajstić information content (AvgIpc) is 2.74. The van der Waals surface area contributed by atoms with E-state index in [0.717, 1.165) is 25.7 Å². The minimum absolute atomic E-state index is 0.0238. The summed E-state index contributed by atoms with van der Waals surface area (Å²) in [6.45, 7) is 18.2. The second-order valence-corrected chi connectivity index (χ2v) is 14.8. The van der Waals surface area contributed by atoms with Crippen LogP contribution in [0.3, 0.4) is 0 Å². The fourth-order valence-corrected chi connectivity index (χ4v) is 10.8. The molecule has 5 aliphatic carbocycles. The van der Waals surface area contributed by atoms with Gasteiger partial charge >= 0.3 is 5.97 Å². The van der Waals surface area contributed by atoms with Gasteiger partial charge in [0.1, 0.15) is 6.10 Å². The van der Waals surface area contributed by atoms with Gasteiger partial charge in [0.05, 0.1) is 5.54 Å². The highest BCUT2D eigenvalue weighted by Crippen LogP contribution is 2.74. The van der Waals surface area contributed by atoms with Crippen molar-refractivity contribution in [2.75, 3.05) is 0 Å². The van der Waals surface area contributed by atoms with E-state index in [1.807, 2.05) is 0 Å². The highest BCUT2D eigenvalue weighted by atomic mass is 16.5. The number of nitrogens with two attached hydrogens (primary N) is 1. The molecule has 0 aromatic carbocycles. The van der Waals surface area contributed by atoms with Gasteiger partial charge in [0.25, 0.3) is 0 Å². The summed E-state index contributed by atoms with van der Waals surface area (Å²) in [7, 11) is 0. The normalized spacial score (nSPS) is 55.6. The second-order valence-electron chi connectivity index (χ2n) is 14.8. The lowest BCUT2D eigenvalue weighted by Gasteiger charge is -2.70. The lowest BCUT2D eigenvalue weighted by molar-refractivity contribution is -0.196. The number of carbonyl (C=O) groups is 2. The van der Waals surface area contributed by atoms with Gasteiger partial charge in [0, 0.05) is 12.8 Å². The Morgan fingerprint density at radius 1 is 0.971 bits per heavy atom. The number of esters is 1. The lowest BCUT2D eigenvalue weighted by atomic mass is 9.33. The Hall–Kier alpha value is -1.16. The molecular weight excluding hydrogens is 434 g/mol. The zero-order chi connectivity index (χ0) is 25.8. The highest BCUT2D eigenvalue weighted by molar-refractivity contribution is 5.95. The van der Waals surface area contributed by atoms with Crippen LogP contribution in [0, 0.1) is 51.2 Å². The third kappa shape index (κ3) is 3.20. The van der Waals surface area contributed by atoms with Crippen LogP contribution in [0.4, 0.5) is 0 Å². The Labute approximate surface area is 213 Å². The number of ether oxygens (including phenoxy) is 1. The van der Waals surface area contributed by atoms with Crippen LogP contribution < -0.4 is 5.73 Å².